The van der Waals surface area contributed by atoms with Crippen molar-refractivity contribution in [2.75, 3.05) is 19.8 Å². The van der Waals surface area contributed by atoms with Crippen molar-refractivity contribution in [3.63, 3.8) is 0 Å². The summed E-state index contributed by atoms with van der Waals surface area (Å²) in [6.07, 6.45) is 1.83. The summed E-state index contributed by atoms with van der Waals surface area (Å²) in [5.41, 5.74) is 0. The molecule has 0 fully saturated rings. The van der Waals surface area contributed by atoms with Crippen molar-refractivity contribution in [2.24, 2.45) is 0 Å². The maximum absolute atomic E-state index is 9.63. The van der Waals surface area contributed by atoms with Gasteiger partial charge in [-0.2, -0.15) is 0 Å². The molecule has 0 heterocycles. The second kappa shape index (κ2) is 8.43. The van der Waals surface area contributed by atoms with Crippen molar-refractivity contribution >= 4 is 6.47 Å². The molecule has 0 rings (SSSR count). The summed E-state index contributed by atoms with van der Waals surface area (Å²) >= 11 is 0. The average molecular weight is 146 g/mol. The van der Waals surface area contributed by atoms with Crippen LogP contribution < -0.4 is 0 Å². The lowest BCUT2D eigenvalue weighted by Gasteiger charge is -2.00. The minimum Gasteiger partial charge on any atom is -0.468 e. The SMILES string of the molecule is CCCOCCCOC=O. The molecular weight excluding hydrogens is 132 g/mol. The Hall–Kier alpha value is -0.570. The number of carbonyl (C=O) groups excluding carboxylic acids is 1. The van der Waals surface area contributed by atoms with Gasteiger partial charge in [-0.3, -0.25) is 4.79 Å². The Bertz CT molecular complexity index is 73.3. The van der Waals surface area contributed by atoms with Crippen LogP contribution in [0.3, 0.4) is 0 Å². The fraction of sp³-hybridized carbons (Fsp3) is 0.857. The second-order valence-electron chi connectivity index (χ2n) is 1.93. The summed E-state index contributed by atoms with van der Waals surface area (Å²) in [7, 11) is 0. The Labute approximate surface area is 61.3 Å². The minimum absolute atomic E-state index is 0.458. The third-order valence-corrected chi connectivity index (χ3v) is 0.967. The van der Waals surface area contributed by atoms with E-state index in [0.717, 1.165) is 19.4 Å². The molecule has 3 nitrogen and oxygen atoms in total. The van der Waals surface area contributed by atoms with E-state index in [1.165, 1.54) is 0 Å². The number of carbonyl (C=O) groups is 1. The Morgan fingerprint density at radius 1 is 1.30 bits per heavy atom. The summed E-state index contributed by atoms with van der Waals surface area (Å²) < 4.78 is 9.59. The highest BCUT2D eigenvalue weighted by Gasteiger charge is 1.86. The predicted octanol–water partition coefficient (Wildman–Crippen LogP) is 0.976. The normalized spacial score (nSPS) is 9.30. The third kappa shape index (κ3) is 7.43. The smallest absolute Gasteiger partial charge is 0.293 e. The number of rotatable bonds is 7. The van der Waals surface area contributed by atoms with Gasteiger partial charge in [0.05, 0.1) is 6.61 Å². The molecule has 0 aromatic carbocycles. The molecule has 0 aliphatic heterocycles. The standard InChI is InChI=1S/C7H14O3/c1-2-4-9-5-3-6-10-7-8/h7H,2-6H2,1H3. The summed E-state index contributed by atoms with van der Waals surface area (Å²) in [4.78, 5) is 9.63. The molecule has 0 aliphatic carbocycles. The van der Waals surface area contributed by atoms with Crippen molar-refractivity contribution in [2.45, 2.75) is 19.8 Å². The molecule has 0 N–H and O–H groups in total. The average Bonchev–Trinajstić information content (AvgIpc) is 1.97. The Morgan fingerprint density at radius 3 is 2.70 bits per heavy atom. The molecule has 0 amide bonds. The first-order valence-electron chi connectivity index (χ1n) is 3.54. The predicted molar refractivity (Wildman–Crippen MR) is 37.7 cm³/mol. The zero-order valence-electron chi connectivity index (χ0n) is 6.34. The molecule has 0 aliphatic rings. The number of ether oxygens (including phenoxy) is 2. The van der Waals surface area contributed by atoms with Crippen LogP contribution in [0.2, 0.25) is 0 Å². The van der Waals surface area contributed by atoms with Gasteiger partial charge in [0.25, 0.3) is 6.47 Å². The van der Waals surface area contributed by atoms with E-state index < -0.39 is 0 Å². The van der Waals surface area contributed by atoms with E-state index in [2.05, 4.69) is 11.7 Å². The van der Waals surface area contributed by atoms with Crippen LogP contribution in [-0.4, -0.2) is 26.3 Å². The molecule has 0 atom stereocenters. The molecule has 10 heavy (non-hydrogen) atoms. The third-order valence-electron chi connectivity index (χ3n) is 0.967. The first-order valence-corrected chi connectivity index (χ1v) is 3.54. The van der Waals surface area contributed by atoms with Crippen LogP contribution in [0.25, 0.3) is 0 Å². The van der Waals surface area contributed by atoms with Gasteiger partial charge in [-0.25, -0.2) is 0 Å². The molecular formula is C7H14O3. The van der Waals surface area contributed by atoms with Crippen LogP contribution in [0.5, 0.6) is 0 Å². The summed E-state index contributed by atoms with van der Waals surface area (Å²) in [5, 5.41) is 0. The molecule has 3 heteroatoms. The Kier molecular flexibility index (Phi) is 7.95. The first kappa shape index (κ1) is 9.43. The molecule has 0 saturated carbocycles. The zero-order valence-corrected chi connectivity index (χ0v) is 6.34. The van der Waals surface area contributed by atoms with E-state index in [1.807, 2.05) is 0 Å². The van der Waals surface area contributed by atoms with Crippen molar-refractivity contribution in [3.05, 3.63) is 0 Å². The van der Waals surface area contributed by atoms with Gasteiger partial charge < -0.3 is 9.47 Å². The van der Waals surface area contributed by atoms with Crippen LogP contribution in [-0.2, 0) is 14.3 Å². The lowest BCUT2D eigenvalue weighted by atomic mass is 10.5. The van der Waals surface area contributed by atoms with E-state index in [0.29, 0.717) is 19.7 Å². The molecule has 0 unspecified atom stereocenters. The molecule has 60 valence electrons. The fourth-order valence-corrected chi connectivity index (χ4v) is 0.539. The maximum atomic E-state index is 9.63. The maximum Gasteiger partial charge on any atom is 0.293 e. The van der Waals surface area contributed by atoms with Crippen molar-refractivity contribution in [3.8, 4) is 0 Å². The molecule has 0 aromatic rings. The fourth-order valence-electron chi connectivity index (χ4n) is 0.539. The lowest BCUT2D eigenvalue weighted by Crippen LogP contribution is -2.00. The van der Waals surface area contributed by atoms with Gasteiger partial charge >= 0.3 is 0 Å². The van der Waals surface area contributed by atoms with Gasteiger partial charge in [-0.1, -0.05) is 6.92 Å². The van der Waals surface area contributed by atoms with E-state index in [4.69, 9.17) is 4.74 Å². The lowest BCUT2D eigenvalue weighted by molar-refractivity contribution is -0.129. The van der Waals surface area contributed by atoms with Crippen LogP contribution in [0.1, 0.15) is 19.8 Å². The monoisotopic (exact) mass is 146 g/mol. The molecule has 0 radical (unpaired) electrons. The molecule has 0 aromatic heterocycles. The largest absolute Gasteiger partial charge is 0.468 e. The summed E-state index contributed by atoms with van der Waals surface area (Å²) in [6.45, 7) is 4.46. The summed E-state index contributed by atoms with van der Waals surface area (Å²) in [6, 6.07) is 0. The van der Waals surface area contributed by atoms with Crippen molar-refractivity contribution in [1.29, 1.82) is 0 Å². The van der Waals surface area contributed by atoms with Gasteiger partial charge in [0.2, 0.25) is 0 Å². The quantitative estimate of drug-likeness (QED) is 0.396. The molecule has 0 bridgehead atoms. The number of hydrogen-bond acceptors (Lipinski definition) is 3. The summed E-state index contributed by atoms with van der Waals surface area (Å²) in [5.74, 6) is 0. The molecule has 0 saturated heterocycles. The Balaban J connectivity index is 2.70. The Morgan fingerprint density at radius 2 is 2.10 bits per heavy atom. The highest BCUT2D eigenvalue weighted by molar-refractivity contribution is 5.36. The van der Waals surface area contributed by atoms with E-state index in [1.54, 1.807) is 0 Å². The van der Waals surface area contributed by atoms with Gasteiger partial charge in [-0.15, -0.1) is 0 Å². The van der Waals surface area contributed by atoms with Gasteiger partial charge in [0.15, 0.2) is 0 Å². The van der Waals surface area contributed by atoms with E-state index in [-0.39, 0.29) is 0 Å². The van der Waals surface area contributed by atoms with Gasteiger partial charge in [-0.05, 0) is 6.42 Å². The number of hydrogen-bond donors (Lipinski definition) is 0. The molecule has 0 spiro atoms. The second-order valence-corrected chi connectivity index (χ2v) is 1.93. The van der Waals surface area contributed by atoms with E-state index >= 15 is 0 Å². The zero-order chi connectivity index (χ0) is 7.66. The highest BCUT2D eigenvalue weighted by atomic mass is 16.5. The van der Waals surface area contributed by atoms with Crippen LogP contribution in [0.4, 0.5) is 0 Å². The van der Waals surface area contributed by atoms with Crippen LogP contribution in [0, 0.1) is 0 Å². The van der Waals surface area contributed by atoms with Gasteiger partial charge in [0, 0.05) is 19.6 Å². The topological polar surface area (TPSA) is 35.5 Å². The van der Waals surface area contributed by atoms with Gasteiger partial charge in [0.1, 0.15) is 0 Å². The van der Waals surface area contributed by atoms with E-state index in [9.17, 15) is 4.79 Å². The van der Waals surface area contributed by atoms with Crippen molar-refractivity contribution < 1.29 is 14.3 Å². The highest BCUT2D eigenvalue weighted by Crippen LogP contribution is 1.84. The van der Waals surface area contributed by atoms with Crippen LogP contribution in [0.15, 0.2) is 0 Å². The van der Waals surface area contributed by atoms with Crippen molar-refractivity contribution in [1.82, 2.24) is 0 Å². The first-order chi connectivity index (χ1) is 4.91. The minimum atomic E-state index is 0.458. The van der Waals surface area contributed by atoms with Crippen LogP contribution >= 0.6 is 0 Å².